The van der Waals surface area contributed by atoms with Crippen molar-refractivity contribution in [3.05, 3.63) is 58.9 Å². The number of benzene rings is 2. The summed E-state index contributed by atoms with van der Waals surface area (Å²) in [5, 5.41) is 0. The Morgan fingerprint density at radius 2 is 2.05 bits per heavy atom. The zero-order valence-corrected chi connectivity index (χ0v) is 12.3. The van der Waals surface area contributed by atoms with Crippen LogP contribution in [0.25, 0.3) is 0 Å². The highest BCUT2D eigenvalue weighted by atomic mass is 32.2. The number of nitrogens with one attached hydrogen (secondary N) is 1. The molecule has 0 bridgehead atoms. The van der Waals surface area contributed by atoms with Crippen molar-refractivity contribution in [1.82, 2.24) is 5.43 Å². The SMILES string of the molecule is Cc1cc(SCc2cc(C(=O)NN)ccc2F)ccc1N. The lowest BCUT2D eigenvalue weighted by Gasteiger charge is -2.07. The predicted molar refractivity (Wildman–Crippen MR) is 83.2 cm³/mol. The molecule has 2 rings (SSSR count). The van der Waals surface area contributed by atoms with E-state index in [-0.39, 0.29) is 5.82 Å². The van der Waals surface area contributed by atoms with Gasteiger partial charge in [-0.1, -0.05) is 0 Å². The van der Waals surface area contributed by atoms with Gasteiger partial charge in [0.1, 0.15) is 5.82 Å². The van der Waals surface area contributed by atoms with Crippen molar-refractivity contribution in [2.24, 2.45) is 5.84 Å². The first-order valence-electron chi connectivity index (χ1n) is 6.29. The van der Waals surface area contributed by atoms with Gasteiger partial charge < -0.3 is 5.73 Å². The molecule has 2 aromatic rings. The van der Waals surface area contributed by atoms with Gasteiger partial charge in [0.2, 0.25) is 0 Å². The number of hydrogen-bond acceptors (Lipinski definition) is 4. The van der Waals surface area contributed by atoms with Crippen LogP contribution >= 0.6 is 11.8 Å². The van der Waals surface area contributed by atoms with Crippen LogP contribution in [-0.4, -0.2) is 5.91 Å². The number of thioether (sulfide) groups is 1. The van der Waals surface area contributed by atoms with E-state index in [1.807, 2.05) is 30.5 Å². The second-order valence-electron chi connectivity index (χ2n) is 4.59. The Balaban J connectivity index is 2.15. The standard InChI is InChI=1S/C15H16FN3OS/c1-9-6-12(3-5-14(9)17)21-8-11-7-10(15(20)19-18)2-4-13(11)16/h2-7H,8,17-18H2,1H3,(H,19,20). The lowest BCUT2D eigenvalue weighted by atomic mass is 10.1. The summed E-state index contributed by atoms with van der Waals surface area (Å²) in [4.78, 5) is 12.4. The number of amides is 1. The van der Waals surface area contributed by atoms with E-state index in [4.69, 9.17) is 11.6 Å². The molecular weight excluding hydrogens is 289 g/mol. The van der Waals surface area contributed by atoms with E-state index < -0.39 is 5.91 Å². The minimum atomic E-state index is -0.440. The number of nitrogens with two attached hydrogens (primary N) is 2. The highest BCUT2D eigenvalue weighted by Crippen LogP contribution is 2.27. The largest absolute Gasteiger partial charge is 0.399 e. The molecule has 0 radical (unpaired) electrons. The first kappa shape index (κ1) is 15.3. The van der Waals surface area contributed by atoms with Crippen molar-refractivity contribution >= 4 is 23.4 Å². The third kappa shape index (κ3) is 3.74. The van der Waals surface area contributed by atoms with E-state index in [9.17, 15) is 9.18 Å². The molecule has 0 spiro atoms. The lowest BCUT2D eigenvalue weighted by Crippen LogP contribution is -2.30. The molecule has 0 aliphatic rings. The average molecular weight is 305 g/mol. The molecule has 0 aromatic heterocycles. The quantitative estimate of drug-likeness (QED) is 0.267. The Hall–Kier alpha value is -2.05. The molecule has 21 heavy (non-hydrogen) atoms. The molecule has 0 heterocycles. The summed E-state index contributed by atoms with van der Waals surface area (Å²) in [5.74, 6) is 4.71. The van der Waals surface area contributed by atoms with E-state index >= 15 is 0 Å². The smallest absolute Gasteiger partial charge is 0.265 e. The molecule has 4 nitrogen and oxygen atoms in total. The highest BCUT2D eigenvalue weighted by molar-refractivity contribution is 7.98. The number of aryl methyl sites for hydroxylation is 1. The summed E-state index contributed by atoms with van der Waals surface area (Å²) >= 11 is 1.48. The van der Waals surface area contributed by atoms with Gasteiger partial charge in [-0.25, -0.2) is 10.2 Å². The van der Waals surface area contributed by atoms with Crippen LogP contribution in [0.2, 0.25) is 0 Å². The fourth-order valence-corrected chi connectivity index (χ4v) is 2.78. The zero-order valence-electron chi connectivity index (χ0n) is 11.5. The summed E-state index contributed by atoms with van der Waals surface area (Å²) in [7, 11) is 0. The molecule has 0 saturated carbocycles. The number of carbonyl (C=O) groups excluding carboxylic acids is 1. The minimum absolute atomic E-state index is 0.336. The van der Waals surface area contributed by atoms with Gasteiger partial charge in [-0.05, 0) is 54.4 Å². The fraction of sp³-hybridized carbons (Fsp3) is 0.133. The van der Waals surface area contributed by atoms with Crippen molar-refractivity contribution in [1.29, 1.82) is 0 Å². The van der Waals surface area contributed by atoms with Crippen molar-refractivity contribution in [2.45, 2.75) is 17.6 Å². The second-order valence-corrected chi connectivity index (χ2v) is 5.64. The molecular formula is C15H16FN3OS. The molecule has 0 saturated heterocycles. The molecule has 0 aliphatic heterocycles. The topological polar surface area (TPSA) is 81.1 Å². The van der Waals surface area contributed by atoms with Gasteiger partial charge in [-0.3, -0.25) is 10.2 Å². The maximum atomic E-state index is 13.8. The monoisotopic (exact) mass is 305 g/mol. The van der Waals surface area contributed by atoms with Crippen LogP contribution < -0.4 is 17.0 Å². The molecule has 0 unspecified atom stereocenters. The number of halogens is 1. The molecule has 6 heteroatoms. The van der Waals surface area contributed by atoms with Crippen LogP contribution in [0.5, 0.6) is 0 Å². The minimum Gasteiger partial charge on any atom is -0.399 e. The van der Waals surface area contributed by atoms with Crippen molar-refractivity contribution < 1.29 is 9.18 Å². The van der Waals surface area contributed by atoms with Gasteiger partial charge in [0.15, 0.2) is 0 Å². The predicted octanol–water partition coefficient (Wildman–Crippen LogP) is 2.61. The van der Waals surface area contributed by atoms with Crippen molar-refractivity contribution in [2.75, 3.05) is 5.73 Å². The van der Waals surface area contributed by atoms with Gasteiger partial charge in [0, 0.05) is 21.9 Å². The molecule has 2 aromatic carbocycles. The molecule has 0 fully saturated rings. The summed E-state index contributed by atoms with van der Waals surface area (Å²) in [6, 6.07) is 9.85. The third-order valence-corrected chi connectivity index (χ3v) is 4.12. The number of anilines is 1. The summed E-state index contributed by atoms with van der Waals surface area (Å²) in [6.45, 7) is 1.92. The highest BCUT2D eigenvalue weighted by Gasteiger charge is 2.09. The molecule has 0 atom stereocenters. The van der Waals surface area contributed by atoms with Gasteiger partial charge in [0.25, 0.3) is 5.91 Å². The number of hydrogen-bond donors (Lipinski definition) is 3. The van der Waals surface area contributed by atoms with E-state index in [0.29, 0.717) is 16.9 Å². The molecule has 5 N–H and O–H groups in total. The van der Waals surface area contributed by atoms with Crippen LogP contribution in [0.1, 0.15) is 21.5 Å². The Morgan fingerprint density at radius 3 is 2.71 bits per heavy atom. The van der Waals surface area contributed by atoms with Crippen LogP contribution in [0.15, 0.2) is 41.3 Å². The van der Waals surface area contributed by atoms with Crippen molar-refractivity contribution in [3.63, 3.8) is 0 Å². The summed E-state index contributed by atoms with van der Waals surface area (Å²) in [6.07, 6.45) is 0. The van der Waals surface area contributed by atoms with E-state index in [1.54, 1.807) is 0 Å². The molecule has 0 aliphatic carbocycles. The van der Waals surface area contributed by atoms with E-state index in [0.717, 1.165) is 16.1 Å². The van der Waals surface area contributed by atoms with Crippen LogP contribution in [-0.2, 0) is 5.75 Å². The molecule has 110 valence electrons. The maximum absolute atomic E-state index is 13.8. The summed E-state index contributed by atoms with van der Waals surface area (Å²) in [5.41, 5.74) is 10.3. The van der Waals surface area contributed by atoms with E-state index in [1.165, 1.54) is 30.0 Å². The first-order valence-corrected chi connectivity index (χ1v) is 7.28. The lowest BCUT2D eigenvalue weighted by molar-refractivity contribution is 0.0953. The van der Waals surface area contributed by atoms with Crippen LogP contribution in [0, 0.1) is 12.7 Å². The van der Waals surface area contributed by atoms with Gasteiger partial charge in [-0.2, -0.15) is 0 Å². The Labute approximate surface area is 126 Å². The van der Waals surface area contributed by atoms with Gasteiger partial charge in [0.05, 0.1) is 0 Å². The molecule has 1 amide bonds. The van der Waals surface area contributed by atoms with Crippen LogP contribution in [0.3, 0.4) is 0 Å². The Kier molecular flexibility index (Phi) is 4.82. The van der Waals surface area contributed by atoms with Gasteiger partial charge in [-0.15, -0.1) is 11.8 Å². The van der Waals surface area contributed by atoms with E-state index in [2.05, 4.69) is 0 Å². The Bertz CT molecular complexity index is 676. The third-order valence-electron chi connectivity index (χ3n) is 3.07. The number of rotatable bonds is 4. The zero-order chi connectivity index (χ0) is 15.4. The van der Waals surface area contributed by atoms with Gasteiger partial charge >= 0.3 is 0 Å². The Morgan fingerprint density at radius 1 is 1.29 bits per heavy atom. The normalized spacial score (nSPS) is 10.4. The van der Waals surface area contributed by atoms with Crippen molar-refractivity contribution in [3.8, 4) is 0 Å². The number of nitrogen functional groups attached to an aromatic ring is 2. The maximum Gasteiger partial charge on any atom is 0.265 e. The number of carbonyl (C=O) groups is 1. The first-order chi connectivity index (χ1) is 10.0. The number of hydrazine groups is 1. The fourth-order valence-electron chi connectivity index (χ4n) is 1.81. The average Bonchev–Trinajstić information content (AvgIpc) is 2.49. The van der Waals surface area contributed by atoms with Crippen LogP contribution in [0.4, 0.5) is 10.1 Å². The summed E-state index contributed by atoms with van der Waals surface area (Å²) < 4.78 is 13.8. The second kappa shape index (κ2) is 6.60.